The van der Waals surface area contributed by atoms with Crippen LogP contribution in [0.25, 0.3) is 0 Å². The molecule has 3 aliphatic rings. The lowest BCUT2D eigenvalue weighted by molar-refractivity contribution is -0.119. The first-order valence-electron chi connectivity index (χ1n) is 7.32. The maximum absolute atomic E-state index is 12.0. The number of carbonyl (C=O) groups excluding carboxylic acids is 1. The third-order valence-corrected chi connectivity index (χ3v) is 6.96. The fourth-order valence-corrected chi connectivity index (χ4v) is 5.66. The van der Waals surface area contributed by atoms with Crippen LogP contribution in [0.4, 0.5) is 0 Å². The van der Waals surface area contributed by atoms with E-state index in [0.717, 1.165) is 34.4 Å². The summed E-state index contributed by atoms with van der Waals surface area (Å²) in [5.41, 5.74) is 0. The van der Waals surface area contributed by atoms with Gasteiger partial charge < -0.3 is 5.32 Å². The number of thioether (sulfide) groups is 2. The van der Waals surface area contributed by atoms with Gasteiger partial charge in [-0.05, 0) is 43.9 Å². The van der Waals surface area contributed by atoms with Crippen molar-refractivity contribution in [3.8, 4) is 0 Å². The summed E-state index contributed by atoms with van der Waals surface area (Å²) in [7, 11) is 0. The molecule has 0 unspecified atom stereocenters. The van der Waals surface area contributed by atoms with Gasteiger partial charge in [-0.15, -0.1) is 0 Å². The van der Waals surface area contributed by atoms with Gasteiger partial charge in [0.25, 0.3) is 0 Å². The van der Waals surface area contributed by atoms with E-state index < -0.39 is 0 Å². The molecule has 1 heterocycles. The number of hydrogen-bond donors (Lipinski definition) is 1. The topological polar surface area (TPSA) is 41.5 Å². The van der Waals surface area contributed by atoms with Crippen LogP contribution in [0.2, 0.25) is 0 Å². The molecule has 1 N–H and O–H groups in total. The minimum Gasteiger partial charge on any atom is -0.353 e. The van der Waals surface area contributed by atoms with Gasteiger partial charge >= 0.3 is 0 Å². The van der Waals surface area contributed by atoms with E-state index >= 15 is 0 Å². The van der Waals surface area contributed by atoms with Crippen LogP contribution in [0.15, 0.2) is 4.99 Å². The van der Waals surface area contributed by atoms with Crippen LogP contribution in [0, 0.1) is 17.8 Å². The molecule has 2 aliphatic carbocycles. The minimum absolute atomic E-state index is 0.176. The smallest absolute Gasteiger partial charge is 0.230 e. The molecule has 0 radical (unpaired) electrons. The molecule has 0 spiro atoms. The summed E-state index contributed by atoms with van der Waals surface area (Å²) < 4.78 is 1.09. The molecule has 1 amide bonds. The number of nitrogens with one attached hydrogen (secondary N) is 1. The Labute approximate surface area is 123 Å². The zero-order chi connectivity index (χ0) is 13.2. The normalized spacial score (nSPS) is 34.4. The second kappa shape index (κ2) is 6.08. The van der Waals surface area contributed by atoms with Crippen molar-refractivity contribution in [3.63, 3.8) is 0 Å². The van der Waals surface area contributed by atoms with E-state index in [1.54, 1.807) is 23.5 Å². The van der Waals surface area contributed by atoms with Crippen molar-refractivity contribution in [3.05, 3.63) is 0 Å². The van der Waals surface area contributed by atoms with Crippen molar-refractivity contribution in [2.24, 2.45) is 22.7 Å². The SMILES string of the molecule is C[C@H](NC(=O)CSC1=NCCS1)[C@H]1C[C@@H]2CC[C@@H]1C2. The first-order valence-corrected chi connectivity index (χ1v) is 9.29. The maximum Gasteiger partial charge on any atom is 0.230 e. The Balaban J connectivity index is 1.41. The standard InChI is InChI=1S/C14H22N2OS2/c1-9(12-7-10-2-3-11(12)6-10)16-13(17)8-19-14-15-4-5-18-14/h9-12H,2-8H2,1H3,(H,16,17)/t9-,10+,11+,12+/m0/s1. The summed E-state index contributed by atoms with van der Waals surface area (Å²) in [6, 6.07) is 0.349. The fourth-order valence-electron chi connectivity index (χ4n) is 3.84. The molecule has 0 aromatic rings. The van der Waals surface area contributed by atoms with Crippen molar-refractivity contribution >= 4 is 33.8 Å². The monoisotopic (exact) mass is 298 g/mol. The first-order chi connectivity index (χ1) is 9.22. The second-order valence-electron chi connectivity index (χ2n) is 5.98. The molecule has 3 rings (SSSR count). The number of rotatable bonds is 4. The molecule has 0 aromatic carbocycles. The van der Waals surface area contributed by atoms with Crippen LogP contribution in [0.1, 0.15) is 32.6 Å². The van der Waals surface area contributed by atoms with Crippen LogP contribution in [0.3, 0.4) is 0 Å². The van der Waals surface area contributed by atoms with Crippen LogP contribution in [0.5, 0.6) is 0 Å². The summed E-state index contributed by atoms with van der Waals surface area (Å²) in [5.74, 6) is 4.33. The first kappa shape index (κ1) is 13.8. The predicted octanol–water partition coefficient (Wildman–Crippen LogP) is 2.76. The zero-order valence-corrected chi connectivity index (χ0v) is 13.1. The zero-order valence-electron chi connectivity index (χ0n) is 11.4. The second-order valence-corrected chi connectivity index (χ2v) is 8.29. The van der Waals surface area contributed by atoms with E-state index in [1.165, 1.54) is 25.7 Å². The minimum atomic E-state index is 0.176. The lowest BCUT2D eigenvalue weighted by atomic mass is 9.84. The maximum atomic E-state index is 12.0. The molecule has 2 fully saturated rings. The lowest BCUT2D eigenvalue weighted by Crippen LogP contribution is -2.41. The molecule has 5 heteroatoms. The fraction of sp³-hybridized carbons (Fsp3) is 0.857. The van der Waals surface area contributed by atoms with Gasteiger partial charge in [0.2, 0.25) is 5.91 Å². The Bertz CT molecular complexity index is 386. The summed E-state index contributed by atoms with van der Waals surface area (Å²) in [4.78, 5) is 16.3. The highest BCUT2D eigenvalue weighted by Crippen LogP contribution is 2.49. The number of nitrogens with zero attached hydrogens (tertiary/aromatic N) is 1. The highest BCUT2D eigenvalue weighted by atomic mass is 32.2. The Hall–Kier alpha value is -0.160. The van der Waals surface area contributed by atoms with Gasteiger partial charge in [0, 0.05) is 11.8 Å². The highest BCUT2D eigenvalue weighted by molar-refractivity contribution is 8.39. The predicted molar refractivity (Wildman–Crippen MR) is 83.8 cm³/mol. The Kier molecular flexibility index (Phi) is 4.42. The molecule has 106 valence electrons. The van der Waals surface area contributed by atoms with Crippen LogP contribution >= 0.6 is 23.5 Å². The largest absolute Gasteiger partial charge is 0.353 e. The number of amides is 1. The average Bonchev–Trinajstić information content (AvgIpc) is 3.13. The number of hydrogen-bond acceptors (Lipinski definition) is 4. The number of fused-ring (bicyclic) bond motifs is 2. The van der Waals surface area contributed by atoms with Crippen molar-refractivity contribution in [2.45, 2.75) is 38.6 Å². The van der Waals surface area contributed by atoms with E-state index in [-0.39, 0.29) is 5.91 Å². The van der Waals surface area contributed by atoms with Gasteiger partial charge in [-0.3, -0.25) is 9.79 Å². The van der Waals surface area contributed by atoms with Crippen LogP contribution < -0.4 is 5.32 Å². The van der Waals surface area contributed by atoms with Crippen molar-refractivity contribution < 1.29 is 4.79 Å². The number of aliphatic imine (C=N–C) groups is 1. The Morgan fingerprint density at radius 1 is 1.53 bits per heavy atom. The molecule has 1 aliphatic heterocycles. The Morgan fingerprint density at radius 3 is 3.05 bits per heavy atom. The number of carbonyl (C=O) groups is 1. The third-order valence-electron chi connectivity index (χ3n) is 4.71. The van der Waals surface area contributed by atoms with Gasteiger partial charge in [0.15, 0.2) is 0 Å². The molecule has 2 saturated carbocycles. The van der Waals surface area contributed by atoms with Gasteiger partial charge in [-0.25, -0.2) is 0 Å². The van der Waals surface area contributed by atoms with Crippen molar-refractivity contribution in [1.82, 2.24) is 5.32 Å². The summed E-state index contributed by atoms with van der Waals surface area (Å²) in [5, 5.41) is 3.21. The Morgan fingerprint density at radius 2 is 2.42 bits per heavy atom. The van der Waals surface area contributed by atoms with Crippen LogP contribution in [-0.4, -0.2) is 34.4 Å². The van der Waals surface area contributed by atoms with Gasteiger partial charge in [-0.1, -0.05) is 29.9 Å². The molecule has 4 atom stereocenters. The molecule has 3 nitrogen and oxygen atoms in total. The highest BCUT2D eigenvalue weighted by Gasteiger charge is 2.42. The van der Waals surface area contributed by atoms with E-state index in [0.29, 0.717) is 11.8 Å². The van der Waals surface area contributed by atoms with E-state index in [9.17, 15) is 4.79 Å². The summed E-state index contributed by atoms with van der Waals surface area (Å²) in [6.45, 7) is 3.10. The summed E-state index contributed by atoms with van der Waals surface area (Å²) in [6.07, 6.45) is 5.56. The third kappa shape index (κ3) is 3.30. The van der Waals surface area contributed by atoms with Gasteiger partial charge in [-0.2, -0.15) is 0 Å². The van der Waals surface area contributed by atoms with E-state index in [2.05, 4.69) is 17.2 Å². The lowest BCUT2D eigenvalue weighted by Gasteiger charge is -2.28. The van der Waals surface area contributed by atoms with Crippen LogP contribution in [-0.2, 0) is 4.79 Å². The quantitative estimate of drug-likeness (QED) is 0.867. The average molecular weight is 298 g/mol. The van der Waals surface area contributed by atoms with Crippen molar-refractivity contribution in [1.29, 1.82) is 0 Å². The molecular weight excluding hydrogens is 276 g/mol. The van der Waals surface area contributed by atoms with E-state index in [4.69, 9.17) is 0 Å². The molecular formula is C14H22N2OS2. The van der Waals surface area contributed by atoms with E-state index in [1.807, 2.05) is 0 Å². The summed E-state index contributed by atoms with van der Waals surface area (Å²) >= 11 is 3.36. The molecule has 0 aromatic heterocycles. The van der Waals surface area contributed by atoms with Gasteiger partial charge in [0.1, 0.15) is 4.38 Å². The molecule has 19 heavy (non-hydrogen) atoms. The van der Waals surface area contributed by atoms with Crippen molar-refractivity contribution in [2.75, 3.05) is 18.1 Å². The molecule has 2 bridgehead atoms. The van der Waals surface area contributed by atoms with Gasteiger partial charge in [0.05, 0.1) is 12.3 Å². The molecule has 0 saturated heterocycles.